The van der Waals surface area contributed by atoms with Crippen LogP contribution in [0.3, 0.4) is 0 Å². The number of carbonyl (C=O) groups excluding carboxylic acids is 1. The number of aryl methyl sites for hydroxylation is 2. The largest absolute Gasteiger partial charge is 0.353 e. The highest BCUT2D eigenvalue weighted by atomic mass is 16.5. The van der Waals surface area contributed by atoms with Crippen LogP contribution < -0.4 is 0 Å². The van der Waals surface area contributed by atoms with Crippen LogP contribution in [0.15, 0.2) is 18.2 Å². The summed E-state index contributed by atoms with van der Waals surface area (Å²) in [4.78, 5) is 11.1. The van der Waals surface area contributed by atoms with Crippen LogP contribution in [0.4, 0.5) is 0 Å². The van der Waals surface area contributed by atoms with Gasteiger partial charge in [-0.05, 0) is 26.0 Å². The Kier molecular flexibility index (Phi) is 2.65. The van der Waals surface area contributed by atoms with Gasteiger partial charge in [0, 0.05) is 0 Å². The molecule has 0 saturated carbocycles. The maximum Gasteiger partial charge on any atom is 0.353 e. The molecule has 0 heterocycles. The summed E-state index contributed by atoms with van der Waals surface area (Å²) in [5.74, 6) is -0.602. The van der Waals surface area contributed by atoms with E-state index in [4.69, 9.17) is 5.26 Å². The third-order valence-electron chi connectivity index (χ3n) is 1.60. The highest BCUT2D eigenvalue weighted by molar-refractivity contribution is 5.90. The van der Waals surface area contributed by atoms with E-state index in [0.717, 1.165) is 11.1 Å². The maximum absolute atomic E-state index is 11.1. The van der Waals surface area contributed by atoms with Crippen molar-refractivity contribution in [3.8, 4) is 6.26 Å². The average molecular weight is 175 g/mol. The van der Waals surface area contributed by atoms with Gasteiger partial charge in [-0.15, -0.1) is 5.26 Å². The Labute approximate surface area is 76.6 Å². The van der Waals surface area contributed by atoms with Crippen LogP contribution in [0.1, 0.15) is 21.5 Å². The molecule has 3 heteroatoms. The molecule has 0 atom stereocenters. The molecule has 1 rings (SSSR count). The molecule has 3 nitrogen and oxygen atoms in total. The second-order valence-corrected chi connectivity index (χ2v) is 2.86. The smallest absolute Gasteiger partial charge is 0.347 e. The molecule has 0 aromatic heterocycles. The van der Waals surface area contributed by atoms with Gasteiger partial charge >= 0.3 is 5.97 Å². The van der Waals surface area contributed by atoms with Gasteiger partial charge < -0.3 is 4.74 Å². The van der Waals surface area contributed by atoms with Crippen molar-refractivity contribution in [3.05, 3.63) is 34.9 Å². The van der Waals surface area contributed by atoms with Crippen molar-refractivity contribution < 1.29 is 9.53 Å². The van der Waals surface area contributed by atoms with Crippen LogP contribution in [0.2, 0.25) is 0 Å². The van der Waals surface area contributed by atoms with E-state index in [-0.39, 0.29) is 0 Å². The first-order valence-corrected chi connectivity index (χ1v) is 3.82. The van der Waals surface area contributed by atoms with Crippen LogP contribution in [-0.2, 0) is 4.74 Å². The molecule has 0 N–H and O–H groups in total. The molecule has 0 fully saturated rings. The minimum atomic E-state index is -0.602. The summed E-state index contributed by atoms with van der Waals surface area (Å²) in [7, 11) is 0. The summed E-state index contributed by atoms with van der Waals surface area (Å²) in [5, 5.41) is 8.14. The number of ether oxygens (including phenoxy) is 1. The van der Waals surface area contributed by atoms with Gasteiger partial charge in [0.05, 0.1) is 5.56 Å². The van der Waals surface area contributed by atoms with Gasteiger partial charge in [-0.2, -0.15) is 0 Å². The minimum absolute atomic E-state index is 0.416. The summed E-state index contributed by atoms with van der Waals surface area (Å²) < 4.78 is 4.20. The second kappa shape index (κ2) is 3.72. The Morgan fingerprint density at radius 3 is 2.31 bits per heavy atom. The first-order valence-electron chi connectivity index (χ1n) is 3.82. The number of benzene rings is 1. The van der Waals surface area contributed by atoms with E-state index in [1.807, 2.05) is 19.9 Å². The third kappa shape index (κ3) is 2.31. The zero-order valence-electron chi connectivity index (χ0n) is 7.50. The Morgan fingerprint density at radius 2 is 1.85 bits per heavy atom. The Morgan fingerprint density at radius 1 is 1.31 bits per heavy atom. The summed E-state index contributed by atoms with van der Waals surface area (Å²) in [6.45, 7) is 3.77. The number of nitriles is 1. The van der Waals surface area contributed by atoms with Gasteiger partial charge in [-0.25, -0.2) is 4.79 Å². The first-order chi connectivity index (χ1) is 6.13. The van der Waals surface area contributed by atoms with E-state index in [1.54, 1.807) is 12.1 Å². The number of esters is 1. The van der Waals surface area contributed by atoms with E-state index < -0.39 is 5.97 Å². The number of carbonyl (C=O) groups is 1. The van der Waals surface area contributed by atoms with Gasteiger partial charge in [0.25, 0.3) is 6.26 Å². The zero-order valence-corrected chi connectivity index (χ0v) is 7.50. The fourth-order valence-electron chi connectivity index (χ4n) is 1.19. The molecule has 0 bridgehead atoms. The standard InChI is InChI=1S/C10H9NO2/c1-7-3-8(2)5-9(4-7)10(12)13-6-11/h3-5H,1-2H3. The lowest BCUT2D eigenvalue weighted by Gasteiger charge is -2.00. The van der Waals surface area contributed by atoms with Gasteiger partial charge in [-0.3, -0.25) is 0 Å². The van der Waals surface area contributed by atoms with Crippen molar-refractivity contribution >= 4 is 5.97 Å². The summed E-state index contributed by atoms with van der Waals surface area (Å²) in [6, 6.07) is 5.32. The molecule has 0 saturated heterocycles. The summed E-state index contributed by atoms with van der Waals surface area (Å²) >= 11 is 0. The number of nitrogens with zero attached hydrogens (tertiary/aromatic N) is 1. The molecule has 66 valence electrons. The lowest BCUT2D eigenvalue weighted by atomic mass is 10.1. The van der Waals surface area contributed by atoms with Crippen LogP contribution in [0, 0.1) is 25.4 Å². The molecular formula is C10H9NO2. The van der Waals surface area contributed by atoms with Crippen molar-refractivity contribution in [1.29, 1.82) is 5.26 Å². The Hall–Kier alpha value is -1.82. The SMILES string of the molecule is Cc1cc(C)cc(C(=O)OC#N)c1. The van der Waals surface area contributed by atoms with Crippen molar-refractivity contribution in [2.45, 2.75) is 13.8 Å². The molecule has 13 heavy (non-hydrogen) atoms. The van der Waals surface area contributed by atoms with Gasteiger partial charge in [0.2, 0.25) is 0 Å². The fourth-order valence-corrected chi connectivity index (χ4v) is 1.19. The molecule has 0 aliphatic carbocycles. The Balaban J connectivity index is 3.02. The second-order valence-electron chi connectivity index (χ2n) is 2.86. The highest BCUT2D eigenvalue weighted by Gasteiger charge is 2.07. The molecule has 0 aliphatic heterocycles. The lowest BCUT2D eigenvalue weighted by molar-refractivity contribution is 0.0685. The molecule has 0 radical (unpaired) electrons. The van der Waals surface area contributed by atoms with Gasteiger partial charge in [0.15, 0.2) is 0 Å². The fraction of sp³-hybridized carbons (Fsp3) is 0.200. The van der Waals surface area contributed by atoms with Crippen molar-refractivity contribution in [2.75, 3.05) is 0 Å². The Bertz CT molecular complexity index is 357. The number of hydrogen-bond acceptors (Lipinski definition) is 3. The van der Waals surface area contributed by atoms with Crippen LogP contribution >= 0.6 is 0 Å². The monoisotopic (exact) mass is 175 g/mol. The molecule has 0 amide bonds. The zero-order chi connectivity index (χ0) is 9.84. The highest BCUT2D eigenvalue weighted by Crippen LogP contribution is 2.09. The minimum Gasteiger partial charge on any atom is -0.347 e. The molecular weight excluding hydrogens is 166 g/mol. The predicted molar refractivity (Wildman–Crippen MR) is 46.9 cm³/mol. The molecule has 1 aromatic carbocycles. The van der Waals surface area contributed by atoms with E-state index in [0.29, 0.717) is 5.56 Å². The van der Waals surface area contributed by atoms with Gasteiger partial charge in [0.1, 0.15) is 0 Å². The van der Waals surface area contributed by atoms with Crippen LogP contribution in [-0.4, -0.2) is 5.97 Å². The lowest BCUT2D eigenvalue weighted by Crippen LogP contribution is -2.01. The number of hydrogen-bond donors (Lipinski definition) is 0. The first kappa shape index (κ1) is 9.27. The molecule has 0 spiro atoms. The molecule has 0 unspecified atom stereocenters. The normalized spacial score (nSPS) is 9.00. The van der Waals surface area contributed by atoms with Crippen molar-refractivity contribution in [1.82, 2.24) is 0 Å². The maximum atomic E-state index is 11.1. The van der Waals surface area contributed by atoms with E-state index in [1.165, 1.54) is 6.26 Å². The van der Waals surface area contributed by atoms with E-state index >= 15 is 0 Å². The van der Waals surface area contributed by atoms with Crippen molar-refractivity contribution in [2.24, 2.45) is 0 Å². The molecule has 1 aromatic rings. The average Bonchev–Trinajstić information content (AvgIpc) is 2.03. The predicted octanol–water partition coefficient (Wildman–Crippen LogP) is 1.94. The van der Waals surface area contributed by atoms with E-state index in [2.05, 4.69) is 4.74 Å². The number of rotatable bonds is 1. The van der Waals surface area contributed by atoms with E-state index in [9.17, 15) is 4.79 Å². The summed E-state index contributed by atoms with van der Waals surface area (Å²) in [5.41, 5.74) is 2.37. The van der Waals surface area contributed by atoms with Crippen LogP contribution in [0.25, 0.3) is 0 Å². The quantitative estimate of drug-likeness (QED) is 0.484. The molecule has 0 aliphatic rings. The summed E-state index contributed by atoms with van der Waals surface area (Å²) in [6.07, 6.45) is 1.36. The van der Waals surface area contributed by atoms with Crippen LogP contribution in [0.5, 0.6) is 0 Å². The van der Waals surface area contributed by atoms with Gasteiger partial charge in [-0.1, -0.05) is 17.2 Å². The third-order valence-corrected chi connectivity index (χ3v) is 1.60. The van der Waals surface area contributed by atoms with Crippen molar-refractivity contribution in [3.63, 3.8) is 0 Å². The topological polar surface area (TPSA) is 50.1 Å².